The van der Waals surface area contributed by atoms with E-state index in [-0.39, 0.29) is 0 Å². The summed E-state index contributed by atoms with van der Waals surface area (Å²) in [5.74, 6) is -0.824. The highest BCUT2D eigenvalue weighted by Gasteiger charge is 2.14. The third kappa shape index (κ3) is 7.44. The summed E-state index contributed by atoms with van der Waals surface area (Å²) in [6.45, 7) is 11.6. The SMILES string of the molecule is C=CC(=O)OCCc1ccc(N(c2ccc(CCOC(=O)C=C)cc2)c2cc(C)cc(C)c2)cc1. The standard InChI is InChI=1S/C30H31NO4/c1-5-29(32)34-17-15-24-7-11-26(12-8-24)31(28-20-22(3)19-23(4)21-28)27-13-9-25(10-14-27)16-18-35-30(33)6-2/h5-14,19-21H,1-2,15-18H2,3-4H3. The maximum absolute atomic E-state index is 11.3. The number of benzene rings is 3. The van der Waals surface area contributed by atoms with Crippen LogP contribution in [-0.4, -0.2) is 25.2 Å². The van der Waals surface area contributed by atoms with E-state index in [1.54, 1.807) is 0 Å². The molecular formula is C30H31NO4. The number of aryl methyl sites for hydroxylation is 2. The molecule has 0 radical (unpaired) electrons. The Morgan fingerprint density at radius 1 is 0.686 bits per heavy atom. The van der Waals surface area contributed by atoms with Crippen LogP contribution in [0.1, 0.15) is 22.3 Å². The highest BCUT2D eigenvalue weighted by molar-refractivity contribution is 5.81. The van der Waals surface area contributed by atoms with E-state index >= 15 is 0 Å². The third-order valence-corrected chi connectivity index (χ3v) is 5.46. The van der Waals surface area contributed by atoms with Crippen molar-refractivity contribution < 1.29 is 19.1 Å². The first-order valence-electron chi connectivity index (χ1n) is 11.5. The van der Waals surface area contributed by atoms with E-state index in [1.807, 2.05) is 0 Å². The summed E-state index contributed by atoms with van der Waals surface area (Å²) in [5.41, 5.74) is 7.65. The lowest BCUT2D eigenvalue weighted by Crippen LogP contribution is -2.11. The summed E-state index contributed by atoms with van der Waals surface area (Å²) >= 11 is 0. The van der Waals surface area contributed by atoms with Gasteiger partial charge in [-0.05, 0) is 72.5 Å². The Morgan fingerprint density at radius 3 is 1.46 bits per heavy atom. The summed E-state index contributed by atoms with van der Waals surface area (Å²) < 4.78 is 10.2. The van der Waals surface area contributed by atoms with Crippen LogP contribution in [0.4, 0.5) is 17.1 Å². The van der Waals surface area contributed by atoms with E-state index < -0.39 is 11.9 Å². The van der Waals surface area contributed by atoms with Crippen molar-refractivity contribution in [2.75, 3.05) is 18.1 Å². The van der Waals surface area contributed by atoms with E-state index in [9.17, 15) is 9.59 Å². The highest BCUT2D eigenvalue weighted by atomic mass is 16.5. The average molecular weight is 470 g/mol. The summed E-state index contributed by atoms with van der Waals surface area (Å²) in [7, 11) is 0. The Morgan fingerprint density at radius 2 is 1.09 bits per heavy atom. The van der Waals surface area contributed by atoms with E-state index in [0.29, 0.717) is 26.1 Å². The number of hydrogen-bond donors (Lipinski definition) is 0. The zero-order valence-corrected chi connectivity index (χ0v) is 20.3. The number of hydrogen-bond acceptors (Lipinski definition) is 5. The molecule has 0 heterocycles. The second kappa shape index (κ2) is 12.4. The molecule has 0 fully saturated rings. The molecule has 3 rings (SSSR count). The van der Waals surface area contributed by atoms with Gasteiger partial charge >= 0.3 is 11.9 Å². The van der Waals surface area contributed by atoms with Crippen LogP contribution >= 0.6 is 0 Å². The van der Waals surface area contributed by atoms with Crippen molar-refractivity contribution in [2.45, 2.75) is 26.7 Å². The fourth-order valence-electron chi connectivity index (χ4n) is 3.81. The Labute approximate surface area is 207 Å². The zero-order chi connectivity index (χ0) is 25.2. The molecule has 0 aromatic heterocycles. The number of carbonyl (C=O) groups excluding carboxylic acids is 2. The van der Waals surface area contributed by atoms with Crippen LogP contribution in [-0.2, 0) is 31.9 Å². The van der Waals surface area contributed by atoms with Crippen LogP contribution in [0, 0.1) is 13.8 Å². The molecule has 0 N–H and O–H groups in total. The Balaban J connectivity index is 1.84. The molecule has 0 aliphatic rings. The quantitative estimate of drug-likeness (QED) is 0.243. The van der Waals surface area contributed by atoms with Crippen LogP contribution < -0.4 is 4.90 Å². The number of carbonyl (C=O) groups is 2. The maximum atomic E-state index is 11.3. The first-order valence-corrected chi connectivity index (χ1v) is 11.5. The molecule has 0 saturated carbocycles. The molecule has 35 heavy (non-hydrogen) atoms. The maximum Gasteiger partial charge on any atom is 0.330 e. The monoisotopic (exact) mass is 469 g/mol. The van der Waals surface area contributed by atoms with Crippen molar-refractivity contribution in [1.82, 2.24) is 0 Å². The number of nitrogens with zero attached hydrogens (tertiary/aromatic N) is 1. The normalized spacial score (nSPS) is 10.3. The predicted molar refractivity (Wildman–Crippen MR) is 140 cm³/mol. The van der Waals surface area contributed by atoms with Gasteiger partial charge in [0.25, 0.3) is 0 Å². The van der Waals surface area contributed by atoms with Gasteiger partial charge in [0.05, 0.1) is 13.2 Å². The molecule has 0 aliphatic heterocycles. The molecule has 180 valence electrons. The van der Waals surface area contributed by atoms with Crippen molar-refractivity contribution in [2.24, 2.45) is 0 Å². The van der Waals surface area contributed by atoms with Crippen LogP contribution in [0.2, 0.25) is 0 Å². The largest absolute Gasteiger partial charge is 0.462 e. The highest BCUT2D eigenvalue weighted by Crippen LogP contribution is 2.35. The first kappa shape index (κ1) is 25.5. The van der Waals surface area contributed by atoms with E-state index in [1.165, 1.54) is 23.3 Å². The summed E-state index contributed by atoms with van der Waals surface area (Å²) in [6, 6.07) is 23.0. The van der Waals surface area contributed by atoms with Gasteiger partial charge in [-0.15, -0.1) is 0 Å². The predicted octanol–water partition coefficient (Wildman–Crippen LogP) is 6.32. The van der Waals surface area contributed by atoms with Crippen molar-refractivity contribution >= 4 is 29.0 Å². The van der Waals surface area contributed by atoms with Crippen LogP contribution in [0.5, 0.6) is 0 Å². The van der Waals surface area contributed by atoms with Crippen molar-refractivity contribution in [3.05, 3.63) is 114 Å². The Hall–Kier alpha value is -4.12. The lowest BCUT2D eigenvalue weighted by Gasteiger charge is -2.26. The molecule has 3 aromatic carbocycles. The fourth-order valence-corrected chi connectivity index (χ4v) is 3.81. The number of esters is 2. The number of ether oxygens (including phenoxy) is 2. The molecule has 0 bridgehead atoms. The minimum Gasteiger partial charge on any atom is -0.462 e. The molecule has 0 amide bonds. The smallest absolute Gasteiger partial charge is 0.330 e. The van der Waals surface area contributed by atoms with Crippen LogP contribution in [0.25, 0.3) is 0 Å². The molecule has 0 atom stereocenters. The number of anilines is 3. The van der Waals surface area contributed by atoms with Gasteiger partial charge in [0.15, 0.2) is 0 Å². The summed E-state index contributed by atoms with van der Waals surface area (Å²) in [5, 5.41) is 0. The van der Waals surface area contributed by atoms with Crippen molar-refractivity contribution in [3.8, 4) is 0 Å². The fraction of sp³-hybridized carbons (Fsp3) is 0.200. The van der Waals surface area contributed by atoms with Crippen LogP contribution in [0.3, 0.4) is 0 Å². The molecule has 0 saturated heterocycles. The molecule has 5 heteroatoms. The zero-order valence-electron chi connectivity index (χ0n) is 20.3. The minimum atomic E-state index is -0.412. The molecular weight excluding hydrogens is 438 g/mol. The molecule has 0 spiro atoms. The topological polar surface area (TPSA) is 55.8 Å². The van der Waals surface area contributed by atoms with Gasteiger partial charge < -0.3 is 14.4 Å². The summed E-state index contributed by atoms with van der Waals surface area (Å²) in [4.78, 5) is 24.7. The lowest BCUT2D eigenvalue weighted by atomic mass is 10.1. The van der Waals surface area contributed by atoms with Gasteiger partial charge in [-0.3, -0.25) is 0 Å². The van der Waals surface area contributed by atoms with Gasteiger partial charge in [0.1, 0.15) is 0 Å². The van der Waals surface area contributed by atoms with Gasteiger partial charge in [-0.2, -0.15) is 0 Å². The third-order valence-electron chi connectivity index (χ3n) is 5.46. The second-order valence-electron chi connectivity index (χ2n) is 8.26. The van der Waals surface area contributed by atoms with Gasteiger partial charge in [0.2, 0.25) is 0 Å². The second-order valence-corrected chi connectivity index (χ2v) is 8.26. The van der Waals surface area contributed by atoms with Gasteiger partial charge in [0, 0.05) is 42.1 Å². The minimum absolute atomic E-state index is 0.314. The molecule has 0 aliphatic carbocycles. The number of rotatable bonds is 11. The van der Waals surface area contributed by atoms with Gasteiger partial charge in [-0.25, -0.2) is 9.59 Å². The Bertz CT molecular complexity index is 1090. The molecule has 5 nitrogen and oxygen atoms in total. The van der Waals surface area contributed by atoms with E-state index in [0.717, 1.165) is 28.2 Å². The molecule has 3 aromatic rings. The first-order chi connectivity index (χ1) is 16.9. The van der Waals surface area contributed by atoms with Gasteiger partial charge in [-0.1, -0.05) is 43.5 Å². The van der Waals surface area contributed by atoms with Crippen molar-refractivity contribution in [3.63, 3.8) is 0 Å². The summed E-state index contributed by atoms with van der Waals surface area (Å²) in [6.07, 6.45) is 3.61. The van der Waals surface area contributed by atoms with Crippen molar-refractivity contribution in [1.29, 1.82) is 0 Å². The van der Waals surface area contributed by atoms with E-state index in [4.69, 9.17) is 9.47 Å². The van der Waals surface area contributed by atoms with Crippen LogP contribution in [0.15, 0.2) is 92.0 Å². The van der Waals surface area contributed by atoms with E-state index in [2.05, 4.69) is 98.6 Å². The Kier molecular flexibility index (Phi) is 9.02. The average Bonchev–Trinajstić information content (AvgIpc) is 2.85. The lowest BCUT2D eigenvalue weighted by molar-refractivity contribution is -0.138. The molecule has 0 unspecified atom stereocenters.